The average molecular weight is 438 g/mol. The predicted molar refractivity (Wildman–Crippen MR) is 122 cm³/mol. The van der Waals surface area contributed by atoms with Crippen molar-refractivity contribution >= 4 is 36.1 Å². The van der Waals surface area contributed by atoms with Crippen molar-refractivity contribution in [3.05, 3.63) is 70.3 Å². The van der Waals surface area contributed by atoms with Gasteiger partial charge >= 0.3 is 5.97 Å². The highest BCUT2D eigenvalue weighted by atomic mass is 35.5. The Labute approximate surface area is 184 Å². The third-order valence-corrected chi connectivity index (χ3v) is 4.45. The number of rotatable bonds is 11. The Kier molecular flexibility index (Phi) is 11.4. The zero-order valence-corrected chi connectivity index (χ0v) is 18.4. The van der Waals surface area contributed by atoms with Gasteiger partial charge in [-0.05, 0) is 47.2 Å². The van der Waals surface area contributed by atoms with Crippen LogP contribution < -0.4 is 10.1 Å². The molecule has 0 aliphatic rings. The molecule has 0 heterocycles. The van der Waals surface area contributed by atoms with Crippen LogP contribution in [0.15, 0.2) is 48.5 Å². The van der Waals surface area contributed by atoms with E-state index in [4.69, 9.17) is 21.4 Å². The fourth-order valence-electron chi connectivity index (χ4n) is 2.71. The molecule has 0 fully saturated rings. The van der Waals surface area contributed by atoms with E-state index >= 15 is 0 Å². The predicted octanol–water partition coefficient (Wildman–Crippen LogP) is 5.62. The van der Waals surface area contributed by atoms with E-state index in [1.165, 1.54) is 5.56 Å². The Bertz CT molecular complexity index is 789. The Balaban J connectivity index is 0.00000420. The van der Waals surface area contributed by atoms with E-state index in [0.717, 1.165) is 23.3 Å². The molecule has 29 heavy (non-hydrogen) atoms. The second kappa shape index (κ2) is 13.3. The Morgan fingerprint density at radius 2 is 1.86 bits per heavy atom. The molecule has 2 aromatic rings. The number of halogens is 2. The van der Waals surface area contributed by atoms with Crippen LogP contribution in [0.25, 0.3) is 6.08 Å². The topological polar surface area (TPSA) is 58.6 Å². The summed E-state index contributed by atoms with van der Waals surface area (Å²) in [4.78, 5) is 10.4. The van der Waals surface area contributed by atoms with Gasteiger partial charge in [-0.1, -0.05) is 61.9 Å². The number of carbonyl (C=O) groups is 1. The fourth-order valence-corrected chi connectivity index (χ4v) is 2.94. The maximum absolute atomic E-state index is 10.4. The van der Waals surface area contributed by atoms with Gasteiger partial charge in [0.15, 0.2) is 0 Å². The van der Waals surface area contributed by atoms with Crippen molar-refractivity contribution in [2.75, 3.05) is 13.1 Å². The molecule has 0 bridgehead atoms. The second-order valence-corrected chi connectivity index (χ2v) is 7.54. The van der Waals surface area contributed by atoms with Gasteiger partial charge in [-0.3, -0.25) is 4.79 Å². The molecular formula is C23H29Cl2NO3. The second-order valence-electron chi connectivity index (χ2n) is 7.14. The van der Waals surface area contributed by atoms with Gasteiger partial charge in [0.1, 0.15) is 12.4 Å². The monoisotopic (exact) mass is 437 g/mol. The van der Waals surface area contributed by atoms with Gasteiger partial charge in [0.05, 0.1) is 11.4 Å². The van der Waals surface area contributed by atoms with E-state index < -0.39 is 5.97 Å². The van der Waals surface area contributed by atoms with E-state index in [1.54, 1.807) is 0 Å². The summed E-state index contributed by atoms with van der Waals surface area (Å²) < 4.78 is 5.85. The number of nitrogens with one attached hydrogen (secondary N) is 1. The van der Waals surface area contributed by atoms with Gasteiger partial charge in [0, 0.05) is 13.1 Å². The van der Waals surface area contributed by atoms with Gasteiger partial charge in [-0.15, -0.1) is 12.4 Å². The van der Waals surface area contributed by atoms with Crippen LogP contribution in [0.1, 0.15) is 37.0 Å². The molecule has 0 saturated carbocycles. The molecule has 0 atom stereocenters. The van der Waals surface area contributed by atoms with Crippen molar-refractivity contribution in [1.82, 2.24) is 5.32 Å². The van der Waals surface area contributed by atoms with E-state index in [1.807, 2.05) is 30.4 Å². The molecular weight excluding hydrogens is 409 g/mol. The third kappa shape index (κ3) is 9.84. The summed E-state index contributed by atoms with van der Waals surface area (Å²) >= 11 is 6.33. The van der Waals surface area contributed by atoms with Gasteiger partial charge in [-0.25, -0.2) is 0 Å². The molecule has 0 aliphatic heterocycles. The van der Waals surface area contributed by atoms with Crippen LogP contribution in [0, 0.1) is 5.92 Å². The molecule has 0 radical (unpaired) electrons. The summed E-state index contributed by atoms with van der Waals surface area (Å²) in [6.45, 7) is 5.97. The fraction of sp³-hybridized carbons (Fsp3) is 0.348. The number of benzene rings is 2. The first-order valence-electron chi connectivity index (χ1n) is 9.53. The lowest BCUT2D eigenvalue weighted by Crippen LogP contribution is -2.17. The SMILES string of the molecule is CC(C)Cc1ccc(COc2ccc(C=CCNCCC(=O)O)c(Cl)c2)cc1.Cl. The minimum atomic E-state index is -0.804. The summed E-state index contributed by atoms with van der Waals surface area (Å²) in [6.07, 6.45) is 5.03. The van der Waals surface area contributed by atoms with Gasteiger partial charge in [0.25, 0.3) is 0 Å². The van der Waals surface area contributed by atoms with Crippen LogP contribution in [0.5, 0.6) is 5.75 Å². The van der Waals surface area contributed by atoms with Crippen molar-refractivity contribution in [3.63, 3.8) is 0 Å². The first kappa shape index (κ1) is 25.0. The van der Waals surface area contributed by atoms with E-state index in [9.17, 15) is 4.79 Å². The number of aliphatic carboxylic acids is 1. The number of carboxylic acids is 1. The number of hydrogen-bond donors (Lipinski definition) is 2. The minimum absolute atomic E-state index is 0. The Morgan fingerprint density at radius 3 is 2.48 bits per heavy atom. The van der Waals surface area contributed by atoms with Crippen LogP contribution in [0.4, 0.5) is 0 Å². The summed E-state index contributed by atoms with van der Waals surface area (Å²) in [6, 6.07) is 14.1. The molecule has 6 heteroatoms. The Hall–Kier alpha value is -2.01. The smallest absolute Gasteiger partial charge is 0.304 e. The number of hydrogen-bond acceptors (Lipinski definition) is 3. The molecule has 4 nitrogen and oxygen atoms in total. The zero-order chi connectivity index (χ0) is 20.4. The van der Waals surface area contributed by atoms with Crippen LogP contribution >= 0.6 is 24.0 Å². The summed E-state index contributed by atoms with van der Waals surface area (Å²) in [5.74, 6) is 0.576. The molecule has 0 amide bonds. The molecule has 2 aromatic carbocycles. The molecule has 2 N–H and O–H groups in total. The maximum Gasteiger partial charge on any atom is 0.304 e. The van der Waals surface area contributed by atoms with Crippen LogP contribution in [-0.2, 0) is 17.8 Å². The lowest BCUT2D eigenvalue weighted by molar-refractivity contribution is -0.136. The van der Waals surface area contributed by atoms with E-state index in [2.05, 4.69) is 43.4 Å². The summed E-state index contributed by atoms with van der Waals surface area (Å²) in [5.41, 5.74) is 3.36. The van der Waals surface area contributed by atoms with Crippen molar-refractivity contribution in [1.29, 1.82) is 0 Å². The normalized spacial score (nSPS) is 10.9. The van der Waals surface area contributed by atoms with E-state index in [-0.39, 0.29) is 18.8 Å². The first-order valence-corrected chi connectivity index (χ1v) is 9.91. The van der Waals surface area contributed by atoms with Gasteiger partial charge in [-0.2, -0.15) is 0 Å². The molecule has 0 spiro atoms. The van der Waals surface area contributed by atoms with Crippen LogP contribution in [-0.4, -0.2) is 24.2 Å². The number of carboxylic acid groups (broad SMARTS) is 1. The highest BCUT2D eigenvalue weighted by Gasteiger charge is 2.03. The summed E-state index contributed by atoms with van der Waals surface area (Å²) in [7, 11) is 0. The third-order valence-electron chi connectivity index (χ3n) is 4.12. The first-order chi connectivity index (χ1) is 13.4. The van der Waals surface area contributed by atoms with Crippen LogP contribution in [0.3, 0.4) is 0 Å². The van der Waals surface area contributed by atoms with Gasteiger partial charge < -0.3 is 15.2 Å². The molecule has 158 valence electrons. The highest BCUT2D eigenvalue weighted by molar-refractivity contribution is 6.32. The minimum Gasteiger partial charge on any atom is -0.489 e. The number of ether oxygens (including phenoxy) is 1. The van der Waals surface area contributed by atoms with Crippen molar-refractivity contribution in [2.24, 2.45) is 5.92 Å². The average Bonchev–Trinajstić information content (AvgIpc) is 2.64. The molecule has 0 unspecified atom stereocenters. The Morgan fingerprint density at radius 1 is 1.17 bits per heavy atom. The van der Waals surface area contributed by atoms with Crippen molar-refractivity contribution in [3.8, 4) is 5.75 Å². The van der Waals surface area contributed by atoms with Crippen molar-refractivity contribution < 1.29 is 14.6 Å². The largest absolute Gasteiger partial charge is 0.489 e. The molecule has 0 aliphatic carbocycles. The van der Waals surface area contributed by atoms with E-state index in [0.29, 0.717) is 30.6 Å². The summed E-state index contributed by atoms with van der Waals surface area (Å²) in [5, 5.41) is 12.2. The molecule has 2 rings (SSSR count). The van der Waals surface area contributed by atoms with Gasteiger partial charge in [0.2, 0.25) is 0 Å². The van der Waals surface area contributed by atoms with Crippen molar-refractivity contribution in [2.45, 2.75) is 33.3 Å². The van der Waals surface area contributed by atoms with Crippen LogP contribution in [0.2, 0.25) is 5.02 Å². The standard InChI is InChI=1S/C23H28ClNO3.ClH/c1-17(2)14-18-5-7-19(8-6-18)16-28-21-10-9-20(22(24)15-21)4-3-12-25-13-11-23(26)27;/h3-10,15,17,25H,11-14,16H2,1-2H3,(H,26,27);1H. The maximum atomic E-state index is 10.4. The quantitative estimate of drug-likeness (QED) is 0.448. The lowest BCUT2D eigenvalue weighted by Gasteiger charge is -2.09. The molecule has 0 saturated heterocycles. The highest BCUT2D eigenvalue weighted by Crippen LogP contribution is 2.24. The zero-order valence-electron chi connectivity index (χ0n) is 16.9. The lowest BCUT2D eigenvalue weighted by atomic mass is 10.0. The molecule has 0 aromatic heterocycles.